The van der Waals surface area contributed by atoms with Gasteiger partial charge in [0.25, 0.3) is 5.91 Å². The predicted molar refractivity (Wildman–Crippen MR) is 93.0 cm³/mol. The maximum atomic E-state index is 13.1. The van der Waals surface area contributed by atoms with Gasteiger partial charge in [0, 0.05) is 26.3 Å². The number of hydrogen-bond acceptors (Lipinski definition) is 4. The molecule has 0 saturated carbocycles. The number of aryl methyl sites for hydroxylation is 2. The Morgan fingerprint density at radius 2 is 2.04 bits per heavy atom. The summed E-state index contributed by atoms with van der Waals surface area (Å²) in [5.41, 5.74) is 2.84. The Kier molecular flexibility index (Phi) is 5.21. The molecule has 2 aromatic rings. The first-order chi connectivity index (χ1) is 11.3. The second-order valence-electron chi connectivity index (χ2n) is 6.15. The summed E-state index contributed by atoms with van der Waals surface area (Å²) in [5.74, 6) is -0.181. The Labute approximate surface area is 142 Å². The number of aromatic nitrogens is 3. The van der Waals surface area contributed by atoms with Gasteiger partial charge in [-0.15, -0.1) is 0 Å². The summed E-state index contributed by atoms with van der Waals surface area (Å²) in [6, 6.07) is 1.83. The Bertz CT molecular complexity index is 779. The highest BCUT2D eigenvalue weighted by Gasteiger charge is 2.24. The topological polar surface area (TPSA) is 80.1 Å². The van der Waals surface area contributed by atoms with Crippen molar-refractivity contribution in [2.75, 3.05) is 20.1 Å². The Morgan fingerprint density at radius 1 is 1.38 bits per heavy atom. The molecule has 7 nitrogen and oxygen atoms in total. The van der Waals surface area contributed by atoms with Crippen LogP contribution in [-0.4, -0.2) is 51.6 Å². The standard InChI is InChI=1S/C17H25N5O2/c1-7-22(9-14(23)18-5)17(24)12-8-13(10(2)3)19-16-15(12)11(4)20-21(16)6/h8,10H,7,9H2,1-6H3,(H,18,23). The summed E-state index contributed by atoms with van der Waals surface area (Å²) in [4.78, 5) is 30.9. The zero-order valence-corrected chi connectivity index (χ0v) is 15.2. The largest absolute Gasteiger partial charge is 0.358 e. The molecule has 130 valence electrons. The number of hydrogen-bond donors (Lipinski definition) is 1. The number of nitrogens with one attached hydrogen (secondary N) is 1. The van der Waals surface area contributed by atoms with Gasteiger partial charge in [0.2, 0.25) is 5.91 Å². The van der Waals surface area contributed by atoms with Crippen LogP contribution in [0.1, 0.15) is 48.4 Å². The average molecular weight is 331 g/mol. The predicted octanol–water partition coefficient (Wildman–Crippen LogP) is 1.61. The van der Waals surface area contributed by atoms with Crippen LogP contribution in [0.15, 0.2) is 6.07 Å². The van der Waals surface area contributed by atoms with Crippen molar-refractivity contribution in [3.05, 3.63) is 23.0 Å². The summed E-state index contributed by atoms with van der Waals surface area (Å²) in [7, 11) is 3.39. The highest BCUT2D eigenvalue weighted by Crippen LogP contribution is 2.25. The third-order valence-electron chi connectivity index (χ3n) is 4.09. The average Bonchev–Trinajstić information content (AvgIpc) is 2.85. The molecule has 0 aliphatic rings. The van der Waals surface area contributed by atoms with Crippen molar-refractivity contribution in [3.63, 3.8) is 0 Å². The van der Waals surface area contributed by atoms with Gasteiger partial charge in [-0.3, -0.25) is 14.3 Å². The van der Waals surface area contributed by atoms with Crippen molar-refractivity contribution in [1.82, 2.24) is 25.0 Å². The van der Waals surface area contributed by atoms with Crippen molar-refractivity contribution in [1.29, 1.82) is 0 Å². The van der Waals surface area contributed by atoms with E-state index in [1.807, 2.05) is 40.8 Å². The van der Waals surface area contributed by atoms with E-state index in [1.165, 1.54) is 4.90 Å². The third-order valence-corrected chi connectivity index (χ3v) is 4.09. The van der Waals surface area contributed by atoms with Crippen molar-refractivity contribution in [2.45, 2.75) is 33.6 Å². The monoisotopic (exact) mass is 331 g/mol. The van der Waals surface area contributed by atoms with Crippen molar-refractivity contribution in [2.24, 2.45) is 7.05 Å². The van der Waals surface area contributed by atoms with Gasteiger partial charge in [0.1, 0.15) is 0 Å². The number of carbonyl (C=O) groups is 2. The van der Waals surface area contributed by atoms with E-state index in [9.17, 15) is 9.59 Å². The first-order valence-electron chi connectivity index (χ1n) is 8.14. The molecule has 2 heterocycles. The zero-order valence-electron chi connectivity index (χ0n) is 15.2. The van der Waals surface area contributed by atoms with E-state index < -0.39 is 0 Å². The molecule has 2 rings (SSSR count). The van der Waals surface area contributed by atoms with Crippen LogP contribution in [0.3, 0.4) is 0 Å². The van der Waals surface area contributed by atoms with E-state index >= 15 is 0 Å². The minimum atomic E-state index is -0.192. The second kappa shape index (κ2) is 6.98. The van der Waals surface area contributed by atoms with Crippen LogP contribution in [0.4, 0.5) is 0 Å². The summed E-state index contributed by atoms with van der Waals surface area (Å²) >= 11 is 0. The fourth-order valence-corrected chi connectivity index (χ4v) is 2.68. The van der Waals surface area contributed by atoms with Crippen LogP contribution in [0.5, 0.6) is 0 Å². The molecule has 0 radical (unpaired) electrons. The molecule has 0 atom stereocenters. The third kappa shape index (κ3) is 3.25. The van der Waals surface area contributed by atoms with Gasteiger partial charge in [-0.2, -0.15) is 5.10 Å². The molecule has 7 heteroatoms. The highest BCUT2D eigenvalue weighted by atomic mass is 16.2. The van der Waals surface area contributed by atoms with Crippen LogP contribution in [0.25, 0.3) is 11.0 Å². The lowest BCUT2D eigenvalue weighted by molar-refractivity contribution is -0.121. The van der Waals surface area contributed by atoms with Gasteiger partial charge in [0.05, 0.1) is 23.2 Å². The Hall–Kier alpha value is -2.44. The van der Waals surface area contributed by atoms with E-state index in [0.717, 1.165) is 16.8 Å². The number of fused-ring (bicyclic) bond motifs is 1. The van der Waals surface area contributed by atoms with Crippen molar-refractivity contribution < 1.29 is 9.59 Å². The molecule has 0 aromatic carbocycles. The SMILES string of the molecule is CCN(CC(=O)NC)C(=O)c1cc(C(C)C)nc2c1c(C)nn2C. The lowest BCUT2D eigenvalue weighted by Gasteiger charge is -2.21. The maximum Gasteiger partial charge on any atom is 0.255 e. The molecule has 0 spiro atoms. The normalized spacial score (nSPS) is 11.1. The number of pyridine rings is 1. The molecular weight excluding hydrogens is 306 g/mol. The van der Waals surface area contributed by atoms with Crippen molar-refractivity contribution >= 4 is 22.8 Å². The molecule has 24 heavy (non-hydrogen) atoms. The highest BCUT2D eigenvalue weighted by molar-refractivity contribution is 6.07. The lowest BCUT2D eigenvalue weighted by Crippen LogP contribution is -2.39. The molecule has 0 unspecified atom stereocenters. The second-order valence-corrected chi connectivity index (χ2v) is 6.15. The zero-order chi connectivity index (χ0) is 18.0. The molecule has 0 aliphatic heterocycles. The van der Waals surface area contributed by atoms with Crippen LogP contribution in [0.2, 0.25) is 0 Å². The van der Waals surface area contributed by atoms with Gasteiger partial charge in [0.15, 0.2) is 5.65 Å². The van der Waals surface area contributed by atoms with Gasteiger partial charge in [-0.25, -0.2) is 4.98 Å². The molecule has 2 amide bonds. The minimum absolute atomic E-state index is 0.0337. The van der Waals surface area contributed by atoms with Gasteiger partial charge in [-0.05, 0) is 25.8 Å². The van der Waals surface area contributed by atoms with Gasteiger partial charge in [-0.1, -0.05) is 13.8 Å². The van der Waals surface area contributed by atoms with E-state index in [2.05, 4.69) is 15.4 Å². The van der Waals surface area contributed by atoms with E-state index in [1.54, 1.807) is 11.7 Å². The minimum Gasteiger partial charge on any atom is -0.358 e. The summed E-state index contributed by atoms with van der Waals surface area (Å²) < 4.78 is 1.70. The first kappa shape index (κ1) is 17.9. The Balaban J connectivity index is 2.60. The van der Waals surface area contributed by atoms with E-state index in [0.29, 0.717) is 17.8 Å². The van der Waals surface area contributed by atoms with Crippen LogP contribution in [-0.2, 0) is 11.8 Å². The number of likely N-dealkylation sites (N-methyl/N-ethyl adjacent to an activating group) is 2. The molecule has 0 saturated heterocycles. The molecule has 1 N–H and O–H groups in total. The number of amides is 2. The molecule has 2 aromatic heterocycles. The van der Waals surface area contributed by atoms with E-state index in [-0.39, 0.29) is 24.3 Å². The van der Waals surface area contributed by atoms with E-state index in [4.69, 9.17) is 0 Å². The fraction of sp³-hybridized carbons (Fsp3) is 0.529. The van der Waals surface area contributed by atoms with Crippen LogP contribution < -0.4 is 5.32 Å². The Morgan fingerprint density at radius 3 is 2.58 bits per heavy atom. The molecule has 0 aliphatic carbocycles. The number of carbonyl (C=O) groups excluding carboxylic acids is 2. The van der Waals surface area contributed by atoms with Gasteiger partial charge < -0.3 is 10.2 Å². The van der Waals surface area contributed by atoms with Crippen molar-refractivity contribution in [3.8, 4) is 0 Å². The molecule has 0 fully saturated rings. The molecule has 0 bridgehead atoms. The van der Waals surface area contributed by atoms with Crippen LogP contribution >= 0.6 is 0 Å². The van der Waals surface area contributed by atoms with Crippen LogP contribution in [0, 0.1) is 6.92 Å². The first-order valence-corrected chi connectivity index (χ1v) is 8.14. The molecular formula is C17H25N5O2. The lowest BCUT2D eigenvalue weighted by atomic mass is 10.0. The number of nitrogens with zero attached hydrogens (tertiary/aromatic N) is 4. The number of rotatable bonds is 5. The maximum absolute atomic E-state index is 13.1. The summed E-state index contributed by atoms with van der Waals surface area (Å²) in [6.07, 6.45) is 0. The van der Waals surface area contributed by atoms with Gasteiger partial charge >= 0.3 is 0 Å². The summed E-state index contributed by atoms with van der Waals surface area (Å²) in [6.45, 7) is 8.28. The quantitative estimate of drug-likeness (QED) is 0.902. The fourth-order valence-electron chi connectivity index (χ4n) is 2.68. The smallest absolute Gasteiger partial charge is 0.255 e. The summed E-state index contributed by atoms with van der Waals surface area (Å²) in [5, 5.41) is 7.71.